The number of H-pyrrole nitrogens is 2. The van der Waals surface area contributed by atoms with E-state index in [1.54, 1.807) is 17.3 Å². The maximum absolute atomic E-state index is 13.8. The largest absolute Gasteiger partial charge is 0.453 e. The predicted octanol–water partition coefficient (Wildman–Crippen LogP) is 5.47. The molecule has 0 spiro atoms. The van der Waals surface area contributed by atoms with Crippen LogP contribution in [0.15, 0.2) is 60.9 Å². The average Bonchev–Trinajstić information content (AvgIpc) is 4.07. The number of hydrogen-bond donors (Lipinski definition) is 4. The SMILES string of the molecule is COC(=O)NC(C(=O)N1CN(C(=O)OC)C[C@H]1c1ncc(-c2ccc(-c3ccc(-c4cnc([C@@H]5CCCN5C(=O)[C@@H](NC(=O)OC)C(C)C)[nH]4)cc3)cc2)[nH]1)C(C)C. The highest BCUT2D eigenvalue weighted by Gasteiger charge is 2.43. The summed E-state index contributed by atoms with van der Waals surface area (Å²) >= 11 is 0. The minimum Gasteiger partial charge on any atom is -0.453 e. The van der Waals surface area contributed by atoms with Gasteiger partial charge in [-0.1, -0.05) is 76.2 Å². The Morgan fingerprint density at radius 1 is 0.655 bits per heavy atom. The van der Waals surface area contributed by atoms with Crippen molar-refractivity contribution >= 4 is 30.1 Å². The van der Waals surface area contributed by atoms with Crippen molar-refractivity contribution in [3.8, 4) is 33.6 Å². The quantitative estimate of drug-likeness (QED) is 0.141. The van der Waals surface area contributed by atoms with Gasteiger partial charge in [0.05, 0.1) is 64.4 Å². The van der Waals surface area contributed by atoms with Gasteiger partial charge in [-0.2, -0.15) is 0 Å². The predicted molar refractivity (Wildman–Crippen MR) is 213 cm³/mol. The number of rotatable bonds is 11. The smallest absolute Gasteiger partial charge is 0.410 e. The van der Waals surface area contributed by atoms with Crippen molar-refractivity contribution in [2.24, 2.45) is 11.8 Å². The number of carbonyl (C=O) groups excluding carboxylic acids is 5. The third-order valence-electron chi connectivity index (χ3n) is 10.7. The molecule has 4 aromatic rings. The van der Waals surface area contributed by atoms with Crippen molar-refractivity contribution in [2.45, 2.75) is 64.7 Å². The van der Waals surface area contributed by atoms with Crippen LogP contribution in [0.2, 0.25) is 0 Å². The highest BCUT2D eigenvalue weighted by molar-refractivity contribution is 5.87. The van der Waals surface area contributed by atoms with Crippen LogP contribution in [0.4, 0.5) is 14.4 Å². The first-order chi connectivity index (χ1) is 27.8. The van der Waals surface area contributed by atoms with E-state index in [9.17, 15) is 24.0 Å². The monoisotopic (exact) mass is 797 g/mol. The van der Waals surface area contributed by atoms with Gasteiger partial charge in [0.25, 0.3) is 0 Å². The van der Waals surface area contributed by atoms with Crippen molar-refractivity contribution in [2.75, 3.05) is 41.1 Å². The second kappa shape index (κ2) is 17.8. The van der Waals surface area contributed by atoms with Crippen LogP contribution in [0.5, 0.6) is 0 Å². The topological polar surface area (TPSA) is 204 Å². The van der Waals surface area contributed by atoms with Gasteiger partial charge < -0.3 is 44.6 Å². The fourth-order valence-corrected chi connectivity index (χ4v) is 7.43. The maximum Gasteiger partial charge on any atom is 0.410 e. The van der Waals surface area contributed by atoms with E-state index in [1.807, 2.05) is 76.2 Å². The van der Waals surface area contributed by atoms with E-state index in [0.29, 0.717) is 18.2 Å². The van der Waals surface area contributed by atoms with Gasteiger partial charge in [0, 0.05) is 6.54 Å². The third kappa shape index (κ3) is 8.77. The second-order valence-corrected chi connectivity index (χ2v) is 15.1. The fourth-order valence-electron chi connectivity index (χ4n) is 7.43. The molecule has 4 N–H and O–H groups in total. The van der Waals surface area contributed by atoms with Crippen LogP contribution in [0, 0.1) is 11.8 Å². The Balaban J connectivity index is 1.14. The van der Waals surface area contributed by atoms with Gasteiger partial charge in [0.2, 0.25) is 11.8 Å². The van der Waals surface area contributed by atoms with Crippen molar-refractivity contribution in [1.29, 1.82) is 0 Å². The average molecular weight is 798 g/mol. The van der Waals surface area contributed by atoms with Gasteiger partial charge in [-0.25, -0.2) is 24.4 Å². The number of ether oxygens (including phenoxy) is 3. The van der Waals surface area contributed by atoms with Gasteiger partial charge in [0.15, 0.2) is 0 Å². The minimum atomic E-state index is -0.887. The van der Waals surface area contributed by atoms with Gasteiger partial charge in [0.1, 0.15) is 29.8 Å². The number of amides is 5. The number of benzene rings is 2. The summed E-state index contributed by atoms with van der Waals surface area (Å²) in [6.45, 7) is 8.09. The highest BCUT2D eigenvalue weighted by atomic mass is 16.5. The van der Waals surface area contributed by atoms with Crippen molar-refractivity contribution < 1.29 is 38.2 Å². The number of aromatic amines is 2. The molecule has 2 aliphatic rings. The molecule has 2 aliphatic heterocycles. The normalized spacial score (nSPS) is 17.6. The van der Waals surface area contributed by atoms with Crippen LogP contribution in [-0.4, -0.2) is 118 Å². The molecular formula is C41H51N9O8. The molecule has 4 atom stereocenters. The van der Waals surface area contributed by atoms with Crippen molar-refractivity contribution in [3.63, 3.8) is 0 Å². The lowest BCUT2D eigenvalue weighted by molar-refractivity contribution is -0.136. The summed E-state index contributed by atoms with van der Waals surface area (Å²) in [5, 5.41) is 5.30. The van der Waals surface area contributed by atoms with Crippen molar-refractivity contribution in [3.05, 3.63) is 72.6 Å². The Bertz CT molecular complexity index is 2100. The zero-order valence-corrected chi connectivity index (χ0v) is 33.8. The molecule has 4 heterocycles. The molecule has 6 rings (SSSR count). The number of hydrogen-bond acceptors (Lipinski definition) is 10. The maximum atomic E-state index is 13.8. The van der Waals surface area contributed by atoms with E-state index in [4.69, 9.17) is 14.2 Å². The summed E-state index contributed by atoms with van der Waals surface area (Å²) in [6, 6.07) is 13.7. The highest BCUT2D eigenvalue weighted by Crippen LogP contribution is 2.34. The molecule has 2 aromatic heterocycles. The molecule has 5 amide bonds. The first kappa shape index (κ1) is 41.2. The molecule has 0 radical (unpaired) electrons. The number of alkyl carbamates (subject to hydrolysis) is 2. The van der Waals surface area contributed by atoms with E-state index in [2.05, 4.69) is 30.6 Å². The summed E-state index contributed by atoms with van der Waals surface area (Å²) in [7, 11) is 3.79. The van der Waals surface area contributed by atoms with E-state index < -0.39 is 36.4 Å². The van der Waals surface area contributed by atoms with Crippen molar-refractivity contribution in [1.82, 2.24) is 45.3 Å². The molecule has 2 fully saturated rings. The van der Waals surface area contributed by atoms with E-state index in [1.165, 1.54) is 31.1 Å². The Morgan fingerprint density at radius 3 is 1.55 bits per heavy atom. The number of nitrogens with zero attached hydrogens (tertiary/aromatic N) is 5. The van der Waals surface area contributed by atoms with Gasteiger partial charge in [-0.3, -0.25) is 14.5 Å². The Morgan fingerprint density at radius 2 is 1.10 bits per heavy atom. The second-order valence-electron chi connectivity index (χ2n) is 15.1. The van der Waals surface area contributed by atoms with Crippen LogP contribution in [0.3, 0.4) is 0 Å². The van der Waals surface area contributed by atoms with Crippen LogP contribution >= 0.6 is 0 Å². The lowest BCUT2D eigenvalue weighted by atomic mass is 10.0. The van der Waals surface area contributed by atoms with E-state index in [-0.39, 0.29) is 42.9 Å². The Hall–Kier alpha value is -6.39. The molecule has 1 unspecified atom stereocenters. The standard InChI is InChI=1S/C41H51N9O8/c1-23(2)33(46-39(53)56-5)37(51)49-18-8-9-31(49)35-42-19-29(44-35)27-14-10-25(11-15-27)26-12-16-28(17-13-26)30-20-43-36(45-30)32-21-48(41(55)58-7)22-50(32)38(52)34(24(3)4)47-40(54)57-6/h10-17,19-20,23-24,31-34H,8-9,18,21-22H2,1-7H3,(H,42,44)(H,43,45)(H,46,53)(H,47,54)/t31-,32-,33-,34?/m0/s1. The lowest BCUT2D eigenvalue weighted by Gasteiger charge is -2.30. The van der Waals surface area contributed by atoms with Gasteiger partial charge >= 0.3 is 18.3 Å². The number of nitrogens with one attached hydrogen (secondary N) is 4. The molecule has 0 saturated carbocycles. The number of aromatic nitrogens is 4. The molecule has 0 bridgehead atoms. The first-order valence-corrected chi connectivity index (χ1v) is 19.3. The van der Waals surface area contributed by atoms with E-state index >= 15 is 0 Å². The zero-order valence-electron chi connectivity index (χ0n) is 33.8. The third-order valence-corrected chi connectivity index (χ3v) is 10.7. The van der Waals surface area contributed by atoms with Crippen LogP contribution in [-0.2, 0) is 23.8 Å². The van der Waals surface area contributed by atoms with Crippen LogP contribution in [0.25, 0.3) is 33.6 Å². The number of likely N-dealkylation sites (tertiary alicyclic amines) is 1. The fraction of sp³-hybridized carbons (Fsp3) is 0.439. The zero-order chi connectivity index (χ0) is 41.7. The molecule has 58 heavy (non-hydrogen) atoms. The number of imidazole rings is 2. The molecule has 0 aliphatic carbocycles. The van der Waals surface area contributed by atoms with E-state index in [0.717, 1.165) is 46.5 Å². The Kier molecular flexibility index (Phi) is 12.7. The first-order valence-electron chi connectivity index (χ1n) is 19.3. The molecule has 2 saturated heterocycles. The number of carbonyl (C=O) groups is 5. The minimum absolute atomic E-state index is 0.0378. The molecule has 17 nitrogen and oxygen atoms in total. The van der Waals surface area contributed by atoms with Gasteiger partial charge in [-0.05, 0) is 46.9 Å². The molecule has 2 aromatic carbocycles. The summed E-state index contributed by atoms with van der Waals surface area (Å²) < 4.78 is 14.4. The summed E-state index contributed by atoms with van der Waals surface area (Å²) in [6.07, 6.45) is 3.12. The van der Waals surface area contributed by atoms with Crippen LogP contribution in [0.1, 0.15) is 64.3 Å². The summed E-state index contributed by atoms with van der Waals surface area (Å²) in [4.78, 5) is 84.6. The summed E-state index contributed by atoms with van der Waals surface area (Å²) in [5.41, 5.74) is 5.38. The van der Waals surface area contributed by atoms with Crippen LogP contribution < -0.4 is 10.6 Å². The number of methoxy groups -OCH3 is 3. The molecule has 17 heteroatoms. The molecular weight excluding hydrogens is 747 g/mol. The molecule has 308 valence electrons. The summed E-state index contributed by atoms with van der Waals surface area (Å²) in [5.74, 6) is 0.274. The lowest BCUT2D eigenvalue weighted by Crippen LogP contribution is -2.51. The van der Waals surface area contributed by atoms with Gasteiger partial charge in [-0.15, -0.1) is 0 Å². The Labute approximate surface area is 336 Å².